The maximum atomic E-state index is 13.6. The largest absolute Gasteiger partial charge is 0.268 e. The first-order valence-corrected chi connectivity index (χ1v) is 11.0. The van der Waals surface area contributed by atoms with E-state index >= 15 is 0 Å². The minimum Gasteiger partial charge on any atom is -0.268 e. The van der Waals surface area contributed by atoms with E-state index in [0.717, 1.165) is 33.9 Å². The summed E-state index contributed by atoms with van der Waals surface area (Å²) in [6.45, 7) is 8.59. The van der Waals surface area contributed by atoms with Crippen LogP contribution in [0.4, 0.5) is 0 Å². The molecule has 0 saturated carbocycles. The Labute approximate surface area is 162 Å². The van der Waals surface area contributed by atoms with Crippen molar-refractivity contribution in [1.82, 2.24) is 9.55 Å². The van der Waals surface area contributed by atoms with Crippen molar-refractivity contribution < 1.29 is 0 Å². The van der Waals surface area contributed by atoms with Gasteiger partial charge in [0.25, 0.3) is 5.56 Å². The van der Waals surface area contributed by atoms with Gasteiger partial charge in [0.1, 0.15) is 4.83 Å². The van der Waals surface area contributed by atoms with Crippen molar-refractivity contribution in [2.75, 3.05) is 0 Å². The van der Waals surface area contributed by atoms with Crippen LogP contribution in [0.3, 0.4) is 0 Å². The first-order valence-electron chi connectivity index (χ1n) is 9.27. The summed E-state index contributed by atoms with van der Waals surface area (Å²) in [5.74, 6) is 0.442. The Balaban J connectivity index is 2.04. The maximum absolute atomic E-state index is 13.6. The summed E-state index contributed by atoms with van der Waals surface area (Å²) in [7, 11) is 0. The molecule has 1 aliphatic carbocycles. The predicted molar refractivity (Wildman–Crippen MR) is 112 cm³/mol. The number of nitrogens with zero attached hydrogens (tertiary/aromatic N) is 2. The molecule has 4 rings (SSSR count). The maximum Gasteiger partial charge on any atom is 0.267 e. The minimum atomic E-state index is 0.0910. The van der Waals surface area contributed by atoms with E-state index < -0.39 is 0 Å². The Morgan fingerprint density at radius 2 is 2.00 bits per heavy atom. The average Bonchev–Trinajstić information content (AvgIpc) is 2.96. The molecule has 1 aromatic carbocycles. The van der Waals surface area contributed by atoms with Gasteiger partial charge >= 0.3 is 0 Å². The van der Waals surface area contributed by atoms with Gasteiger partial charge in [0, 0.05) is 10.1 Å². The third-order valence-corrected chi connectivity index (χ3v) is 7.09. The highest BCUT2D eigenvalue weighted by molar-refractivity contribution is 7.99. The molecule has 3 nitrogen and oxygen atoms in total. The van der Waals surface area contributed by atoms with E-state index in [9.17, 15) is 4.79 Å². The van der Waals surface area contributed by atoms with Gasteiger partial charge in [0.05, 0.1) is 11.1 Å². The van der Waals surface area contributed by atoms with Gasteiger partial charge in [-0.2, -0.15) is 0 Å². The number of aromatic nitrogens is 2. The lowest BCUT2D eigenvalue weighted by Gasteiger charge is -2.19. The van der Waals surface area contributed by atoms with Crippen LogP contribution < -0.4 is 5.56 Å². The van der Waals surface area contributed by atoms with E-state index in [1.165, 1.54) is 22.4 Å². The lowest BCUT2D eigenvalue weighted by molar-refractivity contribution is 0.601. The second kappa shape index (κ2) is 6.86. The van der Waals surface area contributed by atoms with Crippen molar-refractivity contribution in [1.29, 1.82) is 0 Å². The Morgan fingerprint density at radius 1 is 1.27 bits per heavy atom. The zero-order valence-electron chi connectivity index (χ0n) is 15.7. The summed E-state index contributed by atoms with van der Waals surface area (Å²) in [4.78, 5) is 20.9. The van der Waals surface area contributed by atoms with Gasteiger partial charge in [-0.15, -0.1) is 11.3 Å². The summed E-state index contributed by atoms with van der Waals surface area (Å²) in [5.41, 5.74) is 3.45. The summed E-state index contributed by atoms with van der Waals surface area (Å²) in [6, 6.07) is 8.16. The van der Waals surface area contributed by atoms with Crippen molar-refractivity contribution in [2.24, 2.45) is 0 Å². The van der Waals surface area contributed by atoms with Crippen molar-refractivity contribution in [3.05, 3.63) is 50.6 Å². The molecular weight excluding hydrogens is 360 g/mol. The molecule has 0 spiro atoms. The molecule has 3 aromatic rings. The van der Waals surface area contributed by atoms with Crippen LogP contribution in [0.5, 0.6) is 0 Å². The number of thioether (sulfide) groups is 1. The Kier molecular flexibility index (Phi) is 4.70. The molecule has 1 unspecified atom stereocenters. The molecule has 1 aliphatic rings. The highest BCUT2D eigenvalue weighted by Gasteiger charge is 2.26. The topological polar surface area (TPSA) is 34.9 Å². The molecule has 2 heterocycles. The summed E-state index contributed by atoms with van der Waals surface area (Å²) in [5, 5.41) is 2.02. The first-order chi connectivity index (χ1) is 12.5. The Morgan fingerprint density at radius 3 is 2.69 bits per heavy atom. The SMILES string of the molecule is Cc1ccc(-n2c(SC(C)C)nc3sc4c(c3c2=O)C(C)CCC4)cc1. The van der Waals surface area contributed by atoms with E-state index in [1.807, 2.05) is 16.7 Å². The monoisotopic (exact) mass is 384 g/mol. The summed E-state index contributed by atoms with van der Waals surface area (Å²) >= 11 is 3.39. The molecule has 0 radical (unpaired) electrons. The van der Waals surface area contributed by atoms with Gasteiger partial charge in [0.15, 0.2) is 5.16 Å². The van der Waals surface area contributed by atoms with Crippen LogP contribution in [0, 0.1) is 6.92 Å². The van der Waals surface area contributed by atoms with Crippen LogP contribution in [-0.4, -0.2) is 14.8 Å². The van der Waals surface area contributed by atoms with Gasteiger partial charge in [-0.1, -0.05) is 50.2 Å². The number of benzene rings is 1. The quantitative estimate of drug-likeness (QED) is 0.429. The minimum absolute atomic E-state index is 0.0910. The molecule has 26 heavy (non-hydrogen) atoms. The van der Waals surface area contributed by atoms with E-state index in [4.69, 9.17) is 4.98 Å². The molecule has 0 saturated heterocycles. The average molecular weight is 385 g/mol. The molecule has 1 atom stereocenters. The lowest BCUT2D eigenvalue weighted by Crippen LogP contribution is -2.23. The molecule has 0 amide bonds. The molecule has 136 valence electrons. The van der Waals surface area contributed by atoms with Crippen LogP contribution in [0.25, 0.3) is 15.9 Å². The lowest BCUT2D eigenvalue weighted by atomic mass is 9.88. The fraction of sp³-hybridized carbons (Fsp3) is 0.429. The van der Waals surface area contributed by atoms with Crippen LogP contribution in [0.1, 0.15) is 55.5 Å². The normalized spacial score (nSPS) is 17.0. The first kappa shape index (κ1) is 17.8. The zero-order valence-corrected chi connectivity index (χ0v) is 17.3. The van der Waals surface area contributed by atoms with Crippen molar-refractivity contribution >= 4 is 33.3 Å². The third-order valence-electron chi connectivity index (χ3n) is 4.98. The number of thiophene rings is 1. The van der Waals surface area contributed by atoms with Gasteiger partial charge in [-0.05, 0) is 49.8 Å². The number of fused-ring (bicyclic) bond motifs is 3. The van der Waals surface area contributed by atoms with E-state index in [0.29, 0.717) is 11.2 Å². The fourth-order valence-corrected chi connectivity index (χ4v) is 5.97. The number of rotatable bonds is 3. The van der Waals surface area contributed by atoms with Crippen LogP contribution in [-0.2, 0) is 6.42 Å². The van der Waals surface area contributed by atoms with Crippen molar-refractivity contribution in [3.8, 4) is 5.69 Å². The second-order valence-corrected chi connectivity index (χ2v) is 10.1. The molecular formula is C21H24N2OS2. The van der Waals surface area contributed by atoms with Crippen molar-refractivity contribution in [3.63, 3.8) is 0 Å². The van der Waals surface area contributed by atoms with Gasteiger partial charge in [-0.3, -0.25) is 9.36 Å². The number of hydrogen-bond donors (Lipinski definition) is 0. The number of aryl methyl sites for hydroxylation is 2. The highest BCUT2D eigenvalue weighted by atomic mass is 32.2. The fourth-order valence-electron chi connectivity index (χ4n) is 3.73. The van der Waals surface area contributed by atoms with Crippen LogP contribution in [0.2, 0.25) is 0 Å². The Hall–Kier alpha value is -1.59. The molecule has 5 heteroatoms. The predicted octanol–water partition coefficient (Wildman–Crippen LogP) is 5.70. The smallest absolute Gasteiger partial charge is 0.267 e. The van der Waals surface area contributed by atoms with E-state index in [1.54, 1.807) is 23.1 Å². The molecule has 2 aromatic heterocycles. The molecule has 0 aliphatic heterocycles. The zero-order chi connectivity index (χ0) is 18.4. The molecule has 0 bridgehead atoms. The summed E-state index contributed by atoms with van der Waals surface area (Å²) < 4.78 is 1.82. The highest BCUT2D eigenvalue weighted by Crippen LogP contribution is 2.41. The Bertz CT molecular complexity index is 1020. The summed E-state index contributed by atoms with van der Waals surface area (Å²) in [6.07, 6.45) is 3.45. The second-order valence-electron chi connectivity index (χ2n) is 7.45. The van der Waals surface area contributed by atoms with Gasteiger partial charge < -0.3 is 0 Å². The molecule has 0 N–H and O–H groups in total. The van der Waals surface area contributed by atoms with Crippen LogP contribution >= 0.6 is 23.1 Å². The molecule has 0 fully saturated rings. The van der Waals surface area contributed by atoms with Crippen LogP contribution in [0.15, 0.2) is 34.2 Å². The van der Waals surface area contributed by atoms with E-state index in [-0.39, 0.29) is 5.56 Å². The van der Waals surface area contributed by atoms with Gasteiger partial charge in [-0.25, -0.2) is 4.98 Å². The van der Waals surface area contributed by atoms with E-state index in [2.05, 4.69) is 39.8 Å². The number of hydrogen-bond acceptors (Lipinski definition) is 4. The van der Waals surface area contributed by atoms with Crippen molar-refractivity contribution in [2.45, 2.75) is 63.3 Å². The van der Waals surface area contributed by atoms with Gasteiger partial charge in [0.2, 0.25) is 0 Å². The third kappa shape index (κ3) is 3.01. The standard InChI is InChI=1S/C21H24N2OS2/c1-12(2)25-21-22-19-18(17-14(4)6-5-7-16(17)26-19)20(24)23(21)15-10-8-13(3)9-11-15/h8-12,14H,5-7H2,1-4H3.